The summed E-state index contributed by atoms with van der Waals surface area (Å²) in [5.41, 5.74) is 5.56. The van der Waals surface area contributed by atoms with Crippen molar-refractivity contribution in [3.63, 3.8) is 0 Å². The van der Waals surface area contributed by atoms with Gasteiger partial charge in [-0.15, -0.1) is 0 Å². The highest BCUT2D eigenvalue weighted by molar-refractivity contribution is 6.04. The maximum Gasteiger partial charge on any atom is 0.257 e. The molecule has 1 heterocycles. The Kier molecular flexibility index (Phi) is 4.80. The number of anilines is 3. The molecule has 0 atom stereocenters. The average Bonchev–Trinajstić information content (AvgIpc) is 2.65. The lowest BCUT2D eigenvalue weighted by atomic mass is 10.1. The molecule has 0 fully saturated rings. The number of aromatic nitrogens is 1. The summed E-state index contributed by atoms with van der Waals surface area (Å²) < 4.78 is 0. The maximum absolute atomic E-state index is 12.6. The van der Waals surface area contributed by atoms with Crippen molar-refractivity contribution in [1.82, 2.24) is 4.98 Å². The SMILES string of the molecule is Cc1ccc(NC(=O)c2cncc(N(C)c3ccccc3)c2)cc1C. The molecule has 0 radical (unpaired) electrons. The summed E-state index contributed by atoms with van der Waals surface area (Å²) >= 11 is 0. The number of benzene rings is 2. The van der Waals surface area contributed by atoms with Crippen molar-refractivity contribution in [2.75, 3.05) is 17.3 Å². The second-order valence-corrected chi connectivity index (χ2v) is 6.08. The summed E-state index contributed by atoms with van der Waals surface area (Å²) in [6.07, 6.45) is 3.33. The highest BCUT2D eigenvalue weighted by atomic mass is 16.1. The number of carbonyl (C=O) groups is 1. The molecule has 4 heteroatoms. The van der Waals surface area contributed by atoms with E-state index in [4.69, 9.17) is 0 Å². The van der Waals surface area contributed by atoms with Gasteiger partial charge in [0.1, 0.15) is 0 Å². The highest BCUT2D eigenvalue weighted by Gasteiger charge is 2.11. The standard InChI is InChI=1S/C21H21N3O/c1-15-9-10-18(11-16(15)2)23-21(25)17-12-20(14-22-13-17)24(3)19-7-5-4-6-8-19/h4-14H,1-3H3,(H,23,25). The monoisotopic (exact) mass is 331 g/mol. The first kappa shape index (κ1) is 16.7. The molecular weight excluding hydrogens is 310 g/mol. The average molecular weight is 331 g/mol. The van der Waals surface area contributed by atoms with Crippen LogP contribution in [0.25, 0.3) is 0 Å². The highest BCUT2D eigenvalue weighted by Crippen LogP contribution is 2.23. The van der Waals surface area contributed by atoms with E-state index in [-0.39, 0.29) is 5.91 Å². The largest absolute Gasteiger partial charge is 0.343 e. The molecule has 0 saturated carbocycles. The fourth-order valence-electron chi connectivity index (χ4n) is 2.56. The predicted octanol–water partition coefficient (Wildman–Crippen LogP) is 4.72. The zero-order valence-electron chi connectivity index (χ0n) is 14.7. The summed E-state index contributed by atoms with van der Waals surface area (Å²) in [6.45, 7) is 4.08. The summed E-state index contributed by atoms with van der Waals surface area (Å²) in [4.78, 5) is 18.8. The van der Waals surface area contributed by atoms with E-state index >= 15 is 0 Å². The van der Waals surface area contributed by atoms with E-state index in [0.29, 0.717) is 5.56 Å². The Bertz CT molecular complexity index is 891. The number of hydrogen-bond donors (Lipinski definition) is 1. The molecule has 2 aromatic carbocycles. The number of para-hydroxylation sites is 1. The third-order valence-corrected chi connectivity index (χ3v) is 4.28. The van der Waals surface area contributed by atoms with Gasteiger partial charge in [0.2, 0.25) is 0 Å². The predicted molar refractivity (Wildman–Crippen MR) is 103 cm³/mol. The van der Waals surface area contributed by atoms with Crippen LogP contribution in [0.2, 0.25) is 0 Å². The Balaban J connectivity index is 1.81. The van der Waals surface area contributed by atoms with Crippen molar-refractivity contribution in [2.24, 2.45) is 0 Å². The van der Waals surface area contributed by atoms with Gasteiger partial charge in [-0.25, -0.2) is 0 Å². The van der Waals surface area contributed by atoms with Gasteiger partial charge in [0.05, 0.1) is 17.4 Å². The van der Waals surface area contributed by atoms with Crippen molar-refractivity contribution in [3.8, 4) is 0 Å². The molecule has 126 valence electrons. The summed E-state index contributed by atoms with van der Waals surface area (Å²) in [5, 5.41) is 2.93. The number of nitrogens with one attached hydrogen (secondary N) is 1. The molecule has 1 N–H and O–H groups in total. The van der Waals surface area contributed by atoms with Crippen LogP contribution in [-0.2, 0) is 0 Å². The van der Waals surface area contributed by atoms with Gasteiger partial charge in [-0.3, -0.25) is 9.78 Å². The van der Waals surface area contributed by atoms with E-state index in [0.717, 1.165) is 22.6 Å². The molecule has 0 aliphatic heterocycles. The number of pyridine rings is 1. The first-order valence-electron chi connectivity index (χ1n) is 8.17. The van der Waals surface area contributed by atoms with Crippen LogP contribution in [0.5, 0.6) is 0 Å². The lowest BCUT2D eigenvalue weighted by molar-refractivity contribution is 0.102. The Morgan fingerprint density at radius 3 is 2.40 bits per heavy atom. The van der Waals surface area contributed by atoms with Crippen LogP contribution >= 0.6 is 0 Å². The Morgan fingerprint density at radius 1 is 0.920 bits per heavy atom. The summed E-state index contributed by atoms with van der Waals surface area (Å²) in [5.74, 6) is -0.168. The molecule has 4 nitrogen and oxygen atoms in total. The van der Waals surface area contributed by atoms with Gasteiger partial charge in [0, 0.05) is 24.6 Å². The van der Waals surface area contributed by atoms with Gasteiger partial charge in [0.15, 0.2) is 0 Å². The van der Waals surface area contributed by atoms with E-state index < -0.39 is 0 Å². The molecule has 0 bridgehead atoms. The molecule has 3 rings (SSSR count). The van der Waals surface area contributed by atoms with Crippen LogP contribution in [-0.4, -0.2) is 17.9 Å². The molecule has 1 aromatic heterocycles. The molecule has 25 heavy (non-hydrogen) atoms. The molecule has 1 amide bonds. The van der Waals surface area contributed by atoms with Gasteiger partial charge in [-0.1, -0.05) is 24.3 Å². The van der Waals surface area contributed by atoms with Crippen LogP contribution in [0.1, 0.15) is 21.5 Å². The molecular formula is C21H21N3O. The number of nitrogens with zero attached hydrogens (tertiary/aromatic N) is 2. The normalized spacial score (nSPS) is 10.4. The van der Waals surface area contributed by atoms with Gasteiger partial charge in [0.25, 0.3) is 5.91 Å². The molecule has 0 saturated heterocycles. The van der Waals surface area contributed by atoms with Gasteiger partial charge in [-0.05, 0) is 55.3 Å². The second-order valence-electron chi connectivity index (χ2n) is 6.08. The zero-order chi connectivity index (χ0) is 17.8. The minimum absolute atomic E-state index is 0.168. The quantitative estimate of drug-likeness (QED) is 0.752. The van der Waals surface area contributed by atoms with Crippen molar-refractivity contribution in [2.45, 2.75) is 13.8 Å². The minimum Gasteiger partial charge on any atom is -0.343 e. The van der Waals surface area contributed by atoms with Crippen LogP contribution < -0.4 is 10.2 Å². The number of hydrogen-bond acceptors (Lipinski definition) is 3. The van der Waals surface area contributed by atoms with E-state index in [2.05, 4.69) is 10.3 Å². The Morgan fingerprint density at radius 2 is 1.68 bits per heavy atom. The fourth-order valence-corrected chi connectivity index (χ4v) is 2.56. The lowest BCUT2D eigenvalue weighted by Gasteiger charge is -2.19. The van der Waals surface area contributed by atoms with Gasteiger partial charge >= 0.3 is 0 Å². The first-order valence-corrected chi connectivity index (χ1v) is 8.17. The first-order chi connectivity index (χ1) is 12.0. The van der Waals surface area contributed by atoms with Gasteiger partial charge < -0.3 is 10.2 Å². The lowest BCUT2D eigenvalue weighted by Crippen LogP contribution is -2.15. The molecule has 0 unspecified atom stereocenters. The molecule has 3 aromatic rings. The van der Waals surface area contributed by atoms with E-state index in [1.54, 1.807) is 12.4 Å². The molecule has 0 aliphatic carbocycles. The van der Waals surface area contributed by atoms with Crippen LogP contribution in [0.4, 0.5) is 17.1 Å². The third kappa shape index (κ3) is 3.86. The zero-order valence-corrected chi connectivity index (χ0v) is 14.7. The van der Waals surface area contributed by atoms with Crippen molar-refractivity contribution >= 4 is 23.0 Å². The van der Waals surface area contributed by atoms with E-state index in [1.165, 1.54) is 5.56 Å². The number of aryl methyl sites for hydroxylation is 2. The summed E-state index contributed by atoms with van der Waals surface area (Å²) in [6, 6.07) is 17.7. The van der Waals surface area contributed by atoms with Crippen molar-refractivity contribution < 1.29 is 4.79 Å². The van der Waals surface area contributed by atoms with E-state index in [1.807, 2.05) is 80.4 Å². The Labute approximate surface area is 148 Å². The second kappa shape index (κ2) is 7.18. The maximum atomic E-state index is 12.6. The van der Waals surface area contributed by atoms with E-state index in [9.17, 15) is 4.79 Å². The van der Waals surface area contributed by atoms with Crippen LogP contribution in [0.15, 0.2) is 67.0 Å². The smallest absolute Gasteiger partial charge is 0.257 e. The van der Waals surface area contributed by atoms with Crippen LogP contribution in [0, 0.1) is 13.8 Å². The number of amides is 1. The number of rotatable bonds is 4. The summed E-state index contributed by atoms with van der Waals surface area (Å²) in [7, 11) is 1.96. The van der Waals surface area contributed by atoms with Crippen LogP contribution in [0.3, 0.4) is 0 Å². The Hall–Kier alpha value is -3.14. The molecule has 0 aliphatic rings. The minimum atomic E-state index is -0.168. The third-order valence-electron chi connectivity index (χ3n) is 4.28. The number of carbonyl (C=O) groups excluding carboxylic acids is 1. The topological polar surface area (TPSA) is 45.2 Å². The van der Waals surface area contributed by atoms with Crippen molar-refractivity contribution in [1.29, 1.82) is 0 Å². The van der Waals surface area contributed by atoms with Crippen molar-refractivity contribution in [3.05, 3.63) is 83.7 Å². The van der Waals surface area contributed by atoms with Gasteiger partial charge in [-0.2, -0.15) is 0 Å². The molecule has 0 spiro atoms. The fraction of sp³-hybridized carbons (Fsp3) is 0.143.